The molecule has 0 atom stereocenters. The highest BCUT2D eigenvalue weighted by atomic mass is 16.1. The van der Waals surface area contributed by atoms with Crippen molar-refractivity contribution >= 4 is 51.1 Å². The van der Waals surface area contributed by atoms with Gasteiger partial charge in [0.1, 0.15) is 6.07 Å². The van der Waals surface area contributed by atoms with Crippen LogP contribution in [0.25, 0.3) is 89.9 Å². The third-order valence-corrected chi connectivity index (χ3v) is 9.99. The zero-order chi connectivity index (χ0) is 34.8. The average Bonchev–Trinajstić information content (AvgIpc) is 4.02. The molecular weight excluding hydrogens is 639 g/mol. The molecular formula is C46H27N5O. The Hall–Kier alpha value is -7.36. The van der Waals surface area contributed by atoms with Gasteiger partial charge in [0.25, 0.3) is 0 Å². The number of fused-ring (bicyclic) bond motifs is 10. The van der Waals surface area contributed by atoms with E-state index in [-0.39, 0.29) is 11.4 Å². The molecule has 0 radical (unpaired) electrons. The number of aromatic nitrogens is 4. The minimum atomic E-state index is -0.219. The fourth-order valence-corrected chi connectivity index (χ4v) is 7.72. The second kappa shape index (κ2) is 11.6. The largest absolute Gasteiger partial charge is 0.354 e. The lowest BCUT2D eigenvalue weighted by Crippen LogP contribution is -2.12. The summed E-state index contributed by atoms with van der Waals surface area (Å²) in [4.78, 5) is 32.4. The maximum absolute atomic E-state index is 14.4. The van der Waals surface area contributed by atoms with Crippen LogP contribution in [0.15, 0.2) is 140 Å². The van der Waals surface area contributed by atoms with E-state index in [0.717, 1.165) is 72.3 Å². The van der Waals surface area contributed by atoms with Crippen LogP contribution in [0, 0.1) is 11.3 Å². The van der Waals surface area contributed by atoms with Gasteiger partial charge in [-0.3, -0.25) is 4.79 Å². The Balaban J connectivity index is 1.46. The third kappa shape index (κ3) is 4.47. The van der Waals surface area contributed by atoms with Crippen LogP contribution in [0.1, 0.15) is 33.1 Å². The number of nitriles is 1. The minimum Gasteiger partial charge on any atom is -0.354 e. The van der Waals surface area contributed by atoms with E-state index in [1.807, 2.05) is 109 Å². The Morgan fingerprint density at radius 2 is 0.923 bits per heavy atom. The number of Topliss-reactive ketones (excluding diaryl/α,β-unsaturated/α-hetero) is 1. The van der Waals surface area contributed by atoms with Crippen molar-refractivity contribution in [2.75, 3.05) is 0 Å². The van der Waals surface area contributed by atoms with Crippen molar-refractivity contribution in [3.8, 4) is 50.6 Å². The number of carbonyl (C=O) groups is 1. The molecule has 6 nitrogen and oxygen atoms in total. The SMILES string of the molecule is N#CC1=C2C(=O)c3ccccc3-c3c4nc(c(-c5ccccc5)c5ccc([nH]5)c(-c5ccccc5)c5ccc([nH]5)c(-c5ccccc5)c1nc32)C=C4. The summed E-state index contributed by atoms with van der Waals surface area (Å²) in [5.41, 5.74) is 14.0. The van der Waals surface area contributed by atoms with Gasteiger partial charge in [-0.1, -0.05) is 115 Å². The molecule has 7 aromatic rings. The summed E-state index contributed by atoms with van der Waals surface area (Å²) in [5.74, 6) is -0.219. The van der Waals surface area contributed by atoms with Gasteiger partial charge in [-0.05, 0) is 58.7 Å². The molecule has 0 spiro atoms. The lowest BCUT2D eigenvalue weighted by Gasteiger charge is -2.18. The zero-order valence-corrected chi connectivity index (χ0v) is 27.7. The fraction of sp³-hybridized carbons (Fsp3) is 0. The second-order valence-corrected chi connectivity index (χ2v) is 12.9. The predicted molar refractivity (Wildman–Crippen MR) is 208 cm³/mol. The lowest BCUT2D eigenvalue weighted by atomic mass is 9.82. The van der Waals surface area contributed by atoms with E-state index in [4.69, 9.17) is 9.97 Å². The number of hydrogen-bond donors (Lipinski definition) is 2. The number of aromatic amines is 2. The van der Waals surface area contributed by atoms with Gasteiger partial charge in [-0.25, -0.2) is 9.97 Å². The first kappa shape index (κ1) is 29.5. The van der Waals surface area contributed by atoms with E-state index in [2.05, 4.69) is 58.5 Å². The number of nitrogens with one attached hydrogen (secondary N) is 2. The van der Waals surface area contributed by atoms with E-state index < -0.39 is 0 Å². The first-order valence-corrected chi connectivity index (χ1v) is 17.1. The summed E-state index contributed by atoms with van der Waals surface area (Å²) in [7, 11) is 0. The van der Waals surface area contributed by atoms with E-state index >= 15 is 0 Å². The minimum absolute atomic E-state index is 0.219. The number of hydrogen-bond acceptors (Lipinski definition) is 4. The first-order chi connectivity index (χ1) is 25.7. The Kier molecular flexibility index (Phi) is 6.60. The smallest absolute Gasteiger partial charge is 0.197 e. The van der Waals surface area contributed by atoms with E-state index in [1.54, 1.807) is 0 Å². The molecule has 8 bridgehead atoms. The normalized spacial score (nSPS) is 12.9. The van der Waals surface area contributed by atoms with Crippen molar-refractivity contribution in [3.63, 3.8) is 0 Å². The third-order valence-electron chi connectivity index (χ3n) is 9.99. The van der Waals surface area contributed by atoms with Crippen molar-refractivity contribution in [2.24, 2.45) is 0 Å². The van der Waals surface area contributed by atoms with Crippen molar-refractivity contribution in [2.45, 2.75) is 0 Å². The topological polar surface area (TPSA) is 98.2 Å². The average molecular weight is 666 g/mol. The molecule has 10 rings (SSSR count). The highest BCUT2D eigenvalue weighted by molar-refractivity contribution is 6.41. The molecule has 2 aliphatic heterocycles. The number of nitrogens with zero attached hydrogens (tertiary/aromatic N) is 3. The second-order valence-electron chi connectivity index (χ2n) is 12.9. The number of carbonyl (C=O) groups excluding carboxylic acids is 1. The maximum Gasteiger partial charge on any atom is 0.197 e. The van der Waals surface area contributed by atoms with E-state index in [0.29, 0.717) is 28.2 Å². The van der Waals surface area contributed by atoms with Gasteiger partial charge in [0.2, 0.25) is 0 Å². The summed E-state index contributed by atoms with van der Waals surface area (Å²) in [6.07, 6.45) is 4.02. The van der Waals surface area contributed by atoms with Gasteiger partial charge in [0.15, 0.2) is 5.78 Å². The Bertz CT molecular complexity index is 2910. The highest BCUT2D eigenvalue weighted by Crippen LogP contribution is 2.47. The molecule has 3 aromatic heterocycles. The summed E-state index contributed by atoms with van der Waals surface area (Å²) >= 11 is 0. The molecule has 52 heavy (non-hydrogen) atoms. The van der Waals surface area contributed by atoms with Gasteiger partial charge in [-0.2, -0.15) is 5.26 Å². The van der Waals surface area contributed by atoms with Crippen molar-refractivity contribution in [1.82, 2.24) is 19.9 Å². The molecule has 0 fully saturated rings. The number of allylic oxidation sites excluding steroid dienone is 2. The van der Waals surface area contributed by atoms with Crippen LogP contribution in [0.2, 0.25) is 0 Å². The molecule has 5 heterocycles. The lowest BCUT2D eigenvalue weighted by molar-refractivity contribution is 0.105. The van der Waals surface area contributed by atoms with E-state index in [1.165, 1.54) is 0 Å². The standard InChI is InChI=1S/C46H27N5O/c47-26-32-43-45-42(30-18-10-11-19-31(30)46(43)52)38-25-23-36(50-38)40(28-14-6-2-7-15-28)34-21-20-33(48-34)39(27-12-4-1-5-13-27)35-22-24-37(49-35)41(44(32)51-45)29-16-8-3-9-17-29/h1-25,48-49H. The summed E-state index contributed by atoms with van der Waals surface area (Å²) in [6, 6.07) is 48.7. The van der Waals surface area contributed by atoms with Crippen molar-refractivity contribution in [1.29, 1.82) is 5.26 Å². The molecule has 3 aliphatic rings. The fourth-order valence-electron chi connectivity index (χ4n) is 7.72. The first-order valence-electron chi connectivity index (χ1n) is 17.1. The Morgan fingerprint density at radius 1 is 0.462 bits per heavy atom. The van der Waals surface area contributed by atoms with Crippen LogP contribution < -0.4 is 0 Å². The molecule has 2 N–H and O–H groups in total. The number of ketones is 1. The molecule has 242 valence electrons. The molecule has 0 saturated heterocycles. The molecule has 6 heteroatoms. The van der Waals surface area contributed by atoms with Gasteiger partial charge >= 0.3 is 0 Å². The van der Waals surface area contributed by atoms with E-state index in [9.17, 15) is 10.1 Å². The Morgan fingerprint density at radius 3 is 1.50 bits per heavy atom. The van der Waals surface area contributed by atoms with Crippen LogP contribution in [0.5, 0.6) is 0 Å². The van der Waals surface area contributed by atoms with Gasteiger partial charge in [0.05, 0.1) is 33.9 Å². The molecule has 0 unspecified atom stereocenters. The Labute approximate surface area is 298 Å². The van der Waals surface area contributed by atoms with Crippen LogP contribution in [0.3, 0.4) is 0 Å². The van der Waals surface area contributed by atoms with Crippen molar-refractivity contribution in [3.05, 3.63) is 168 Å². The predicted octanol–water partition coefficient (Wildman–Crippen LogP) is 10.8. The van der Waals surface area contributed by atoms with Crippen LogP contribution >= 0.6 is 0 Å². The summed E-state index contributed by atoms with van der Waals surface area (Å²) in [6.45, 7) is 0. The number of benzene rings is 4. The molecule has 0 saturated carbocycles. The van der Waals surface area contributed by atoms with Crippen molar-refractivity contribution < 1.29 is 4.79 Å². The summed E-state index contributed by atoms with van der Waals surface area (Å²) < 4.78 is 0. The highest BCUT2D eigenvalue weighted by Gasteiger charge is 2.37. The quantitative estimate of drug-likeness (QED) is 0.196. The number of H-pyrrole nitrogens is 2. The van der Waals surface area contributed by atoms with Crippen LogP contribution in [-0.2, 0) is 0 Å². The monoisotopic (exact) mass is 665 g/mol. The van der Waals surface area contributed by atoms with Gasteiger partial charge < -0.3 is 9.97 Å². The molecule has 0 amide bonds. The van der Waals surface area contributed by atoms with Gasteiger partial charge in [-0.15, -0.1) is 0 Å². The number of rotatable bonds is 3. The van der Waals surface area contributed by atoms with Crippen LogP contribution in [0.4, 0.5) is 0 Å². The summed E-state index contributed by atoms with van der Waals surface area (Å²) in [5, 5.41) is 10.9. The van der Waals surface area contributed by atoms with Crippen LogP contribution in [-0.4, -0.2) is 25.7 Å². The molecule has 1 aliphatic carbocycles. The molecule has 4 aromatic carbocycles. The zero-order valence-electron chi connectivity index (χ0n) is 27.7. The van der Waals surface area contributed by atoms with Gasteiger partial charge in [0, 0.05) is 49.9 Å². The maximum atomic E-state index is 14.4.